The molecule has 1 heterocycles. The smallest absolute Gasteiger partial charge is 0.304 e. The van der Waals surface area contributed by atoms with Crippen LogP contribution in [0.15, 0.2) is 18.2 Å². The molecule has 21 heavy (non-hydrogen) atoms. The minimum absolute atomic E-state index is 0.00743. The quantitative estimate of drug-likeness (QED) is 0.476. The Kier molecular flexibility index (Phi) is 4.54. The van der Waals surface area contributed by atoms with Crippen molar-refractivity contribution in [3.8, 4) is 0 Å². The Morgan fingerprint density at radius 1 is 1.38 bits per heavy atom. The molecule has 0 aromatic heterocycles. The van der Waals surface area contributed by atoms with E-state index in [0.717, 1.165) is 5.56 Å². The van der Waals surface area contributed by atoms with E-state index in [4.69, 9.17) is 10.8 Å². The van der Waals surface area contributed by atoms with Gasteiger partial charge in [0.05, 0.1) is 19.5 Å². The number of anilines is 1. The summed E-state index contributed by atoms with van der Waals surface area (Å²) in [5, 5.41) is 11.2. The number of benzene rings is 1. The zero-order valence-electron chi connectivity index (χ0n) is 11.5. The van der Waals surface area contributed by atoms with E-state index >= 15 is 0 Å². The summed E-state index contributed by atoms with van der Waals surface area (Å²) in [6.45, 7) is 0.685. The average Bonchev–Trinajstić information content (AvgIpc) is 2.72. The predicted octanol–water partition coefficient (Wildman–Crippen LogP) is -0.142. The fraction of sp³-hybridized carbons (Fsp3) is 0.357. The molecule has 7 heteroatoms. The minimum atomic E-state index is -0.919. The molecule has 0 fully saturated rings. The van der Waals surface area contributed by atoms with E-state index in [1.54, 1.807) is 18.2 Å². The van der Waals surface area contributed by atoms with Crippen molar-refractivity contribution in [1.82, 2.24) is 10.2 Å². The third kappa shape index (κ3) is 3.79. The first-order valence-electron chi connectivity index (χ1n) is 6.59. The van der Waals surface area contributed by atoms with Crippen molar-refractivity contribution in [3.63, 3.8) is 0 Å². The fourth-order valence-electron chi connectivity index (χ4n) is 2.20. The number of hydrogen-bond acceptors (Lipinski definition) is 5. The monoisotopic (exact) mass is 291 g/mol. The predicted molar refractivity (Wildman–Crippen MR) is 75.7 cm³/mol. The van der Waals surface area contributed by atoms with Crippen LogP contribution in [0.25, 0.3) is 0 Å². The lowest BCUT2D eigenvalue weighted by Crippen LogP contribution is -2.35. The van der Waals surface area contributed by atoms with Crippen LogP contribution in [-0.2, 0) is 16.1 Å². The largest absolute Gasteiger partial charge is 0.481 e. The molecular weight excluding hydrogens is 274 g/mol. The fourth-order valence-corrected chi connectivity index (χ4v) is 2.20. The van der Waals surface area contributed by atoms with Gasteiger partial charge in [0.1, 0.15) is 0 Å². The highest BCUT2D eigenvalue weighted by Gasteiger charge is 2.28. The lowest BCUT2D eigenvalue weighted by molar-refractivity contribution is -0.137. The second-order valence-electron chi connectivity index (χ2n) is 4.94. The number of carboxylic acids is 1. The Hall–Kier alpha value is -2.41. The third-order valence-electron chi connectivity index (χ3n) is 3.22. The van der Waals surface area contributed by atoms with Crippen molar-refractivity contribution in [3.05, 3.63) is 29.3 Å². The van der Waals surface area contributed by atoms with Crippen molar-refractivity contribution < 1.29 is 19.5 Å². The summed E-state index contributed by atoms with van der Waals surface area (Å²) in [6, 6.07) is 5.14. The number of nitrogens with zero attached hydrogens (tertiary/aromatic N) is 1. The van der Waals surface area contributed by atoms with E-state index < -0.39 is 5.97 Å². The summed E-state index contributed by atoms with van der Waals surface area (Å²) in [7, 11) is 0. The summed E-state index contributed by atoms with van der Waals surface area (Å²) in [5.74, 6) is -1.27. The number of nitrogens with two attached hydrogens (primary N) is 1. The second-order valence-corrected chi connectivity index (χ2v) is 4.94. The summed E-state index contributed by atoms with van der Waals surface area (Å²) >= 11 is 0. The van der Waals surface area contributed by atoms with Crippen LogP contribution in [0.1, 0.15) is 22.3 Å². The number of Topliss-reactive ketones (excluding diaryl/α,β-unsaturated/α-hetero) is 1. The minimum Gasteiger partial charge on any atom is -0.481 e. The Balaban J connectivity index is 1.84. The van der Waals surface area contributed by atoms with Crippen LogP contribution in [0.2, 0.25) is 0 Å². The highest BCUT2D eigenvalue weighted by molar-refractivity contribution is 6.01. The van der Waals surface area contributed by atoms with Crippen molar-refractivity contribution >= 4 is 23.3 Å². The third-order valence-corrected chi connectivity index (χ3v) is 3.22. The standard InChI is InChI=1S/C14H17N3O4/c15-10-2-1-9-7-17(14(21)12(9)5-10)8-11(18)6-16-4-3-13(19)20/h1-2,5,16H,3-4,6-8,15H2,(H,19,20). The maximum Gasteiger partial charge on any atom is 0.304 e. The molecule has 1 aromatic rings. The van der Waals surface area contributed by atoms with Crippen LogP contribution in [0, 0.1) is 0 Å². The normalized spacial score (nSPS) is 13.3. The van der Waals surface area contributed by atoms with Gasteiger partial charge < -0.3 is 21.1 Å². The van der Waals surface area contributed by atoms with Gasteiger partial charge in [0, 0.05) is 24.3 Å². The number of ketones is 1. The number of nitrogens with one attached hydrogen (secondary N) is 1. The van der Waals surface area contributed by atoms with Crippen LogP contribution in [0.5, 0.6) is 0 Å². The SMILES string of the molecule is Nc1ccc2c(c1)C(=O)N(CC(=O)CNCCC(=O)O)C2. The van der Waals surface area contributed by atoms with E-state index in [0.29, 0.717) is 17.8 Å². The van der Waals surface area contributed by atoms with Gasteiger partial charge in [-0.15, -0.1) is 0 Å². The van der Waals surface area contributed by atoms with E-state index in [2.05, 4.69) is 5.32 Å². The van der Waals surface area contributed by atoms with Gasteiger partial charge in [0.2, 0.25) is 0 Å². The summed E-state index contributed by atoms with van der Waals surface area (Å²) in [4.78, 5) is 35.7. The molecule has 0 unspecified atom stereocenters. The van der Waals surface area contributed by atoms with Gasteiger partial charge in [-0.2, -0.15) is 0 Å². The number of nitrogen functional groups attached to an aromatic ring is 1. The molecular formula is C14H17N3O4. The van der Waals surface area contributed by atoms with Crippen LogP contribution >= 0.6 is 0 Å². The topological polar surface area (TPSA) is 113 Å². The Labute approximate surface area is 121 Å². The van der Waals surface area contributed by atoms with Crippen molar-refractivity contribution in [2.24, 2.45) is 0 Å². The molecule has 0 saturated carbocycles. The van der Waals surface area contributed by atoms with Crippen LogP contribution in [-0.4, -0.2) is 47.3 Å². The molecule has 0 atom stereocenters. The van der Waals surface area contributed by atoms with E-state index in [1.807, 2.05) is 0 Å². The van der Waals surface area contributed by atoms with E-state index in [-0.39, 0.29) is 37.7 Å². The number of hydrogen-bond donors (Lipinski definition) is 3. The van der Waals surface area contributed by atoms with E-state index in [9.17, 15) is 14.4 Å². The van der Waals surface area contributed by atoms with Gasteiger partial charge in [-0.1, -0.05) is 6.07 Å². The maximum atomic E-state index is 12.1. The molecule has 1 aliphatic rings. The molecule has 4 N–H and O–H groups in total. The molecule has 1 aliphatic heterocycles. The summed E-state index contributed by atoms with van der Waals surface area (Å²) in [6.07, 6.45) is -0.0410. The van der Waals surface area contributed by atoms with Crippen molar-refractivity contribution in [2.75, 3.05) is 25.4 Å². The zero-order valence-corrected chi connectivity index (χ0v) is 11.5. The number of rotatable bonds is 7. The zero-order chi connectivity index (χ0) is 15.4. The Morgan fingerprint density at radius 2 is 2.14 bits per heavy atom. The number of fused-ring (bicyclic) bond motifs is 1. The number of carbonyl (C=O) groups is 3. The number of amides is 1. The molecule has 0 bridgehead atoms. The van der Waals surface area contributed by atoms with Crippen molar-refractivity contribution in [2.45, 2.75) is 13.0 Å². The first kappa shape index (κ1) is 15.0. The molecule has 0 saturated heterocycles. The molecule has 2 rings (SSSR count). The van der Waals surface area contributed by atoms with Crippen LogP contribution in [0.3, 0.4) is 0 Å². The molecule has 1 amide bonds. The molecule has 0 aliphatic carbocycles. The number of carbonyl (C=O) groups excluding carboxylic acids is 2. The molecule has 1 aromatic carbocycles. The van der Waals surface area contributed by atoms with Gasteiger partial charge in [0.25, 0.3) is 5.91 Å². The van der Waals surface area contributed by atoms with E-state index in [1.165, 1.54) is 4.90 Å². The molecule has 0 radical (unpaired) electrons. The van der Waals surface area contributed by atoms with Crippen LogP contribution < -0.4 is 11.1 Å². The lowest BCUT2D eigenvalue weighted by Gasteiger charge is -2.14. The molecule has 0 spiro atoms. The first-order valence-corrected chi connectivity index (χ1v) is 6.59. The molecule has 7 nitrogen and oxygen atoms in total. The van der Waals surface area contributed by atoms with Gasteiger partial charge in [-0.25, -0.2) is 0 Å². The van der Waals surface area contributed by atoms with Crippen LogP contribution in [0.4, 0.5) is 5.69 Å². The summed E-state index contributed by atoms with van der Waals surface area (Å²) < 4.78 is 0. The lowest BCUT2D eigenvalue weighted by atomic mass is 10.1. The second kappa shape index (κ2) is 6.36. The number of aliphatic carboxylic acids is 1. The highest BCUT2D eigenvalue weighted by Crippen LogP contribution is 2.24. The first-order chi connectivity index (χ1) is 9.97. The van der Waals surface area contributed by atoms with Gasteiger partial charge >= 0.3 is 5.97 Å². The number of carboxylic acid groups (broad SMARTS) is 1. The Morgan fingerprint density at radius 3 is 2.86 bits per heavy atom. The molecule has 112 valence electrons. The highest BCUT2D eigenvalue weighted by atomic mass is 16.4. The van der Waals surface area contributed by atoms with Gasteiger partial charge in [0.15, 0.2) is 5.78 Å². The van der Waals surface area contributed by atoms with Gasteiger partial charge in [-0.05, 0) is 17.7 Å². The maximum absolute atomic E-state index is 12.1. The Bertz CT molecular complexity index is 586. The van der Waals surface area contributed by atoms with Crippen molar-refractivity contribution in [1.29, 1.82) is 0 Å². The van der Waals surface area contributed by atoms with Gasteiger partial charge in [-0.3, -0.25) is 14.4 Å². The average molecular weight is 291 g/mol. The summed E-state index contributed by atoms with van der Waals surface area (Å²) in [5.41, 5.74) is 7.57.